The summed E-state index contributed by atoms with van der Waals surface area (Å²) in [6.45, 7) is 2.00. The Kier molecular flexibility index (Phi) is 5.99. The van der Waals surface area contributed by atoms with Crippen molar-refractivity contribution in [3.63, 3.8) is 0 Å². The molecule has 2 aromatic carbocycles. The van der Waals surface area contributed by atoms with Crippen LogP contribution in [0.2, 0.25) is 0 Å². The van der Waals surface area contributed by atoms with E-state index in [1.54, 1.807) is 6.07 Å². The van der Waals surface area contributed by atoms with Crippen LogP contribution >= 0.6 is 11.8 Å². The Balaban J connectivity index is 1.53. The minimum absolute atomic E-state index is 0.0690. The first-order valence-corrected chi connectivity index (χ1v) is 9.30. The van der Waals surface area contributed by atoms with Crippen LogP contribution in [0.3, 0.4) is 0 Å². The number of rotatable bonds is 5. The van der Waals surface area contributed by atoms with Gasteiger partial charge in [-0.05, 0) is 43.3 Å². The number of aromatic nitrogens is 2. The normalized spacial score (nSPS) is 11.3. The molecule has 0 radical (unpaired) electrons. The smallest absolute Gasteiger partial charge is 0.325 e. The molecule has 0 spiro atoms. The predicted molar refractivity (Wildman–Crippen MR) is 103 cm³/mol. The van der Waals surface area contributed by atoms with E-state index in [1.807, 2.05) is 37.3 Å². The summed E-state index contributed by atoms with van der Waals surface area (Å²) < 4.78 is 37.6. The number of nitrogens with zero attached hydrogens (tertiary/aromatic N) is 2. The Bertz CT molecular complexity index is 940. The molecule has 8 heteroatoms. The summed E-state index contributed by atoms with van der Waals surface area (Å²) >= 11 is 1.20. The van der Waals surface area contributed by atoms with Crippen molar-refractivity contribution in [2.24, 2.45) is 0 Å². The Morgan fingerprint density at radius 3 is 2.21 bits per heavy atom. The molecular weight excluding hydrogens is 387 g/mol. The Hall–Kier alpha value is -2.87. The zero-order chi connectivity index (χ0) is 20.1. The van der Waals surface area contributed by atoms with Crippen molar-refractivity contribution in [3.8, 4) is 11.3 Å². The van der Waals surface area contributed by atoms with E-state index in [2.05, 4.69) is 15.5 Å². The number of thioether (sulfide) groups is 1. The Morgan fingerprint density at radius 1 is 0.964 bits per heavy atom. The first kappa shape index (κ1) is 19.9. The van der Waals surface area contributed by atoms with Crippen molar-refractivity contribution < 1.29 is 18.0 Å². The molecule has 3 aromatic rings. The van der Waals surface area contributed by atoms with E-state index in [-0.39, 0.29) is 11.7 Å². The van der Waals surface area contributed by atoms with Crippen LogP contribution in [0.4, 0.5) is 18.9 Å². The predicted octanol–water partition coefficient (Wildman–Crippen LogP) is 5.20. The van der Waals surface area contributed by atoms with E-state index in [4.69, 9.17) is 0 Å². The third-order valence-corrected chi connectivity index (χ3v) is 4.75. The van der Waals surface area contributed by atoms with Gasteiger partial charge >= 0.3 is 6.18 Å². The standard InChI is InChI=1S/C20H16F3N3OS/c1-13-2-4-14(5-3-13)17-10-11-19(26-25-17)28-12-18(27)24-16-8-6-15(7-9-16)20(21,22)23/h2-11H,12H2,1H3,(H,24,27). The van der Waals surface area contributed by atoms with Crippen molar-refractivity contribution in [1.82, 2.24) is 10.2 Å². The monoisotopic (exact) mass is 403 g/mol. The largest absolute Gasteiger partial charge is 0.416 e. The van der Waals surface area contributed by atoms with Gasteiger partial charge in [-0.25, -0.2) is 0 Å². The highest BCUT2D eigenvalue weighted by molar-refractivity contribution is 7.99. The van der Waals surface area contributed by atoms with Gasteiger partial charge in [-0.15, -0.1) is 10.2 Å². The highest BCUT2D eigenvalue weighted by Crippen LogP contribution is 2.30. The third-order valence-electron chi connectivity index (χ3n) is 3.83. The molecule has 1 amide bonds. The van der Waals surface area contributed by atoms with Gasteiger partial charge in [-0.2, -0.15) is 13.2 Å². The minimum atomic E-state index is -4.40. The summed E-state index contributed by atoms with van der Waals surface area (Å²) in [4.78, 5) is 12.0. The highest BCUT2D eigenvalue weighted by atomic mass is 32.2. The van der Waals surface area contributed by atoms with Crippen LogP contribution in [0.15, 0.2) is 65.7 Å². The van der Waals surface area contributed by atoms with Crippen molar-refractivity contribution >= 4 is 23.4 Å². The number of nitrogens with one attached hydrogen (secondary N) is 1. The molecule has 0 saturated heterocycles. The second-order valence-corrected chi connectivity index (χ2v) is 7.03. The van der Waals surface area contributed by atoms with Gasteiger partial charge < -0.3 is 5.32 Å². The van der Waals surface area contributed by atoms with Gasteiger partial charge in [0.25, 0.3) is 0 Å². The number of carbonyl (C=O) groups excluding carboxylic acids is 1. The van der Waals surface area contributed by atoms with Crippen LogP contribution in [-0.4, -0.2) is 21.9 Å². The quantitative estimate of drug-likeness (QED) is 0.595. The van der Waals surface area contributed by atoms with Gasteiger partial charge in [0.05, 0.1) is 17.0 Å². The summed E-state index contributed by atoms with van der Waals surface area (Å²) in [5.74, 6) is -0.270. The van der Waals surface area contributed by atoms with E-state index < -0.39 is 11.7 Å². The molecule has 4 nitrogen and oxygen atoms in total. The molecule has 0 unspecified atom stereocenters. The van der Waals surface area contributed by atoms with E-state index in [1.165, 1.54) is 23.9 Å². The number of amides is 1. The number of alkyl halides is 3. The summed E-state index contributed by atoms with van der Waals surface area (Å²) in [5.41, 5.74) is 2.39. The molecule has 1 heterocycles. The molecular formula is C20H16F3N3OS. The molecule has 144 valence electrons. The van der Waals surface area contributed by atoms with Gasteiger partial charge in [-0.3, -0.25) is 4.79 Å². The number of carbonyl (C=O) groups is 1. The molecule has 0 atom stereocenters. The lowest BCUT2D eigenvalue weighted by atomic mass is 10.1. The molecule has 0 aliphatic heterocycles. The van der Waals surface area contributed by atoms with Gasteiger partial charge in [0, 0.05) is 11.3 Å². The average molecular weight is 403 g/mol. The first-order valence-electron chi connectivity index (χ1n) is 8.32. The molecule has 0 bridgehead atoms. The second kappa shape index (κ2) is 8.43. The fourth-order valence-electron chi connectivity index (χ4n) is 2.35. The van der Waals surface area contributed by atoms with Crippen LogP contribution in [-0.2, 0) is 11.0 Å². The van der Waals surface area contributed by atoms with Crippen molar-refractivity contribution in [2.75, 3.05) is 11.1 Å². The van der Waals surface area contributed by atoms with Gasteiger partial charge in [0.15, 0.2) is 0 Å². The highest BCUT2D eigenvalue weighted by Gasteiger charge is 2.29. The Labute approximate surface area is 164 Å². The number of hydrogen-bond donors (Lipinski definition) is 1. The number of halogens is 3. The lowest BCUT2D eigenvalue weighted by Crippen LogP contribution is -2.14. The number of aryl methyl sites for hydroxylation is 1. The van der Waals surface area contributed by atoms with E-state index >= 15 is 0 Å². The van der Waals surface area contributed by atoms with Crippen molar-refractivity contribution in [3.05, 3.63) is 71.8 Å². The van der Waals surface area contributed by atoms with Gasteiger partial charge in [0.2, 0.25) is 5.91 Å². The van der Waals surface area contributed by atoms with Crippen LogP contribution in [0, 0.1) is 6.92 Å². The van der Waals surface area contributed by atoms with Gasteiger partial charge in [-0.1, -0.05) is 41.6 Å². The molecule has 0 aliphatic rings. The maximum atomic E-state index is 12.5. The maximum Gasteiger partial charge on any atom is 0.416 e. The van der Waals surface area contributed by atoms with Crippen LogP contribution in [0.25, 0.3) is 11.3 Å². The molecule has 28 heavy (non-hydrogen) atoms. The summed E-state index contributed by atoms with van der Waals surface area (Å²) in [6.07, 6.45) is -4.40. The number of anilines is 1. The van der Waals surface area contributed by atoms with Gasteiger partial charge in [0.1, 0.15) is 5.03 Å². The van der Waals surface area contributed by atoms with Crippen LogP contribution < -0.4 is 5.32 Å². The fourth-order valence-corrected chi connectivity index (χ4v) is 2.97. The molecule has 0 saturated carbocycles. The topological polar surface area (TPSA) is 54.9 Å². The summed E-state index contributed by atoms with van der Waals surface area (Å²) in [5, 5.41) is 11.4. The molecule has 3 rings (SSSR count). The molecule has 0 aliphatic carbocycles. The summed E-state index contributed by atoms with van der Waals surface area (Å²) in [6, 6.07) is 15.8. The molecule has 1 N–H and O–H groups in total. The van der Waals surface area contributed by atoms with Crippen molar-refractivity contribution in [1.29, 1.82) is 0 Å². The Morgan fingerprint density at radius 2 is 1.64 bits per heavy atom. The SMILES string of the molecule is Cc1ccc(-c2ccc(SCC(=O)Nc3ccc(C(F)(F)F)cc3)nn2)cc1. The summed E-state index contributed by atoms with van der Waals surface area (Å²) in [7, 11) is 0. The lowest BCUT2D eigenvalue weighted by molar-refractivity contribution is -0.137. The first-order chi connectivity index (χ1) is 13.3. The van der Waals surface area contributed by atoms with E-state index in [0.29, 0.717) is 10.7 Å². The van der Waals surface area contributed by atoms with Crippen molar-refractivity contribution in [2.45, 2.75) is 18.1 Å². The second-order valence-electron chi connectivity index (χ2n) is 6.03. The zero-order valence-electron chi connectivity index (χ0n) is 14.8. The lowest BCUT2D eigenvalue weighted by Gasteiger charge is -2.08. The van der Waals surface area contributed by atoms with Crippen LogP contribution in [0.1, 0.15) is 11.1 Å². The average Bonchev–Trinajstić information content (AvgIpc) is 2.67. The minimum Gasteiger partial charge on any atom is -0.325 e. The molecule has 0 fully saturated rings. The third kappa shape index (κ3) is 5.32. The fraction of sp³-hybridized carbons (Fsp3) is 0.150. The van der Waals surface area contributed by atoms with E-state index in [0.717, 1.165) is 29.0 Å². The molecule has 1 aromatic heterocycles. The maximum absolute atomic E-state index is 12.5. The van der Waals surface area contributed by atoms with Crippen LogP contribution in [0.5, 0.6) is 0 Å². The number of benzene rings is 2. The zero-order valence-corrected chi connectivity index (χ0v) is 15.6. The number of hydrogen-bond acceptors (Lipinski definition) is 4. The van der Waals surface area contributed by atoms with E-state index in [9.17, 15) is 18.0 Å².